The fourth-order valence-corrected chi connectivity index (χ4v) is 14.0. The van der Waals surface area contributed by atoms with Crippen molar-refractivity contribution in [2.45, 2.75) is 139 Å². The number of aliphatic hydroxyl groups is 1. The van der Waals surface area contributed by atoms with Crippen LogP contribution in [-0.4, -0.2) is 82.8 Å². The first kappa shape index (κ1) is 40.4. The molecule has 9 atom stereocenters. The van der Waals surface area contributed by atoms with Crippen LogP contribution in [0.15, 0.2) is 35.5 Å². The van der Waals surface area contributed by atoms with E-state index in [1.165, 1.54) is 5.57 Å². The molecule has 9 nitrogen and oxygen atoms in total. The molecule has 2 N–H and O–H groups in total. The van der Waals surface area contributed by atoms with Crippen molar-refractivity contribution in [3.8, 4) is 0 Å². The quantitative estimate of drug-likeness (QED) is 0.242. The second-order valence-electron chi connectivity index (χ2n) is 21.0. The molecule has 5 aliphatic carbocycles. The molecule has 0 bridgehead atoms. The van der Waals surface area contributed by atoms with Crippen molar-refractivity contribution in [3.05, 3.63) is 35.5 Å². The van der Waals surface area contributed by atoms with Crippen molar-refractivity contribution in [1.29, 1.82) is 0 Å². The average Bonchev–Trinajstić information content (AvgIpc) is 3.43. The molecule has 4 saturated carbocycles. The van der Waals surface area contributed by atoms with Crippen LogP contribution in [0.1, 0.15) is 127 Å². The minimum atomic E-state index is -1.16. The Balaban J connectivity index is 1.12. The van der Waals surface area contributed by atoms with Crippen LogP contribution in [-0.2, 0) is 19.1 Å². The Kier molecular flexibility index (Phi) is 10.3. The van der Waals surface area contributed by atoms with Crippen molar-refractivity contribution in [1.82, 2.24) is 9.88 Å². The number of aliphatic carboxylic acids is 1. The lowest BCUT2D eigenvalue weighted by atomic mass is 9.33. The monoisotopic (exact) mass is 760 g/mol. The van der Waals surface area contributed by atoms with Crippen molar-refractivity contribution in [3.63, 3.8) is 0 Å². The first-order chi connectivity index (χ1) is 25.7. The van der Waals surface area contributed by atoms with E-state index in [1.807, 2.05) is 18.3 Å². The van der Waals surface area contributed by atoms with E-state index in [1.54, 1.807) is 13.8 Å². The Morgan fingerprint density at radius 2 is 1.64 bits per heavy atom. The summed E-state index contributed by atoms with van der Waals surface area (Å²) in [6.45, 7) is 23.8. The number of nitrogens with zero attached hydrogens (tertiary/aromatic N) is 3. The zero-order valence-electron chi connectivity index (χ0n) is 35.2. The molecule has 304 valence electrons. The molecule has 1 aromatic heterocycles. The Labute approximate surface area is 330 Å². The largest absolute Gasteiger partial charge is 0.481 e. The number of hydrogen-bond acceptors (Lipinski definition) is 8. The maximum absolute atomic E-state index is 14.2. The molecule has 0 amide bonds. The summed E-state index contributed by atoms with van der Waals surface area (Å²) in [5, 5.41) is 22.1. The summed E-state index contributed by atoms with van der Waals surface area (Å²) in [4.78, 5) is 48.4. The fraction of sp³-hybridized carbons (Fsp3) is 0.783. The number of allylic oxidation sites excluding steroid dienone is 1. The average molecular weight is 760 g/mol. The molecule has 55 heavy (non-hydrogen) atoms. The van der Waals surface area contributed by atoms with Gasteiger partial charge in [-0.3, -0.25) is 19.3 Å². The molecular formula is C46H69N3O6. The lowest BCUT2D eigenvalue weighted by molar-refractivity contribution is -0.235. The van der Waals surface area contributed by atoms with Crippen molar-refractivity contribution in [2.75, 3.05) is 37.6 Å². The zero-order chi connectivity index (χ0) is 39.9. The SMILES string of the molecule is CC(C)C1=C2[C@H]3CCC4[C@@]5(C)CC[C@H](OC(=O)CC(C)(C)C(=O)O)C(C)(C)[C@@H]5CC[C@@]4(C)[C@]3(C)CC[C@@]2([C@H](O)CN2CCN(c3ccccn3)CC2)CC1=O. The van der Waals surface area contributed by atoms with Gasteiger partial charge in [0.1, 0.15) is 11.9 Å². The minimum absolute atomic E-state index is 0.00259. The lowest BCUT2D eigenvalue weighted by Crippen LogP contribution is -2.66. The van der Waals surface area contributed by atoms with E-state index in [2.05, 4.69) is 69.3 Å². The third-order valence-corrected chi connectivity index (χ3v) is 17.3. The molecule has 1 aliphatic heterocycles. The number of anilines is 1. The number of carbonyl (C=O) groups excluding carboxylic acids is 2. The van der Waals surface area contributed by atoms with E-state index in [0.717, 1.165) is 88.9 Å². The minimum Gasteiger partial charge on any atom is -0.481 e. The van der Waals surface area contributed by atoms with Gasteiger partial charge in [0.25, 0.3) is 0 Å². The van der Waals surface area contributed by atoms with Crippen LogP contribution in [0.25, 0.3) is 0 Å². The number of hydrogen-bond donors (Lipinski definition) is 2. The number of rotatable bonds is 9. The smallest absolute Gasteiger partial charge is 0.309 e. The highest BCUT2D eigenvalue weighted by molar-refractivity contribution is 6.00. The van der Waals surface area contributed by atoms with E-state index in [0.29, 0.717) is 24.8 Å². The van der Waals surface area contributed by atoms with Gasteiger partial charge in [0.05, 0.1) is 17.9 Å². The highest BCUT2D eigenvalue weighted by atomic mass is 16.5. The number of carboxylic acids is 1. The van der Waals surface area contributed by atoms with Crippen molar-refractivity contribution >= 4 is 23.5 Å². The molecule has 9 heteroatoms. The highest BCUT2D eigenvalue weighted by Gasteiger charge is 2.71. The number of ether oxygens (including phenoxy) is 1. The topological polar surface area (TPSA) is 120 Å². The van der Waals surface area contributed by atoms with Gasteiger partial charge in [0, 0.05) is 56.2 Å². The van der Waals surface area contributed by atoms with Crippen LogP contribution < -0.4 is 4.90 Å². The molecule has 7 rings (SSSR count). The second kappa shape index (κ2) is 14.0. The van der Waals surface area contributed by atoms with E-state index >= 15 is 0 Å². The third-order valence-electron chi connectivity index (χ3n) is 17.3. The maximum atomic E-state index is 14.2. The Hall–Kier alpha value is -2.78. The summed E-state index contributed by atoms with van der Waals surface area (Å²) in [5.41, 5.74) is 0.573. The Morgan fingerprint density at radius 3 is 2.27 bits per heavy atom. The number of β-amino-alcohol motifs (C(OH)–C–C–N with tert-alkyl or cyclic N) is 1. The second-order valence-corrected chi connectivity index (χ2v) is 21.0. The molecular weight excluding hydrogens is 691 g/mol. The van der Waals surface area contributed by atoms with E-state index in [9.17, 15) is 24.6 Å². The summed E-state index contributed by atoms with van der Waals surface area (Å²) in [7, 11) is 0. The summed E-state index contributed by atoms with van der Waals surface area (Å²) in [5.74, 6) is 1.13. The molecule has 0 aromatic carbocycles. The molecule has 1 saturated heterocycles. The van der Waals surface area contributed by atoms with Crippen LogP contribution in [0.2, 0.25) is 0 Å². The van der Waals surface area contributed by atoms with Crippen LogP contribution in [0, 0.1) is 56.2 Å². The van der Waals surface area contributed by atoms with Gasteiger partial charge < -0.3 is 19.8 Å². The number of carbonyl (C=O) groups is 3. The number of aromatic nitrogens is 1. The summed E-state index contributed by atoms with van der Waals surface area (Å²) < 4.78 is 6.19. The van der Waals surface area contributed by atoms with E-state index in [-0.39, 0.29) is 51.8 Å². The number of carboxylic acid groups (broad SMARTS) is 1. The normalized spacial score (nSPS) is 38.2. The predicted molar refractivity (Wildman–Crippen MR) is 214 cm³/mol. The molecule has 6 aliphatic rings. The molecule has 2 heterocycles. The standard InChI is InChI=1S/C46H69N3O6/c1-29(2)38-31(50)26-46(34(51)28-48-22-24-49(25-23-48)36-12-10-11-21-47-36)20-19-44(8)30(39(38)46)13-14-33-43(7)17-16-35(55-37(52)27-41(3,4)40(53)54)42(5,6)32(43)15-18-45(33,44)9/h10-12,21,29-30,32-35,51H,13-20,22-28H2,1-9H3,(H,53,54)/t30-,32+,33?,34-,35+,43+,44-,45-,46+/m1/s1. The van der Waals surface area contributed by atoms with Gasteiger partial charge in [-0.25, -0.2) is 4.98 Å². The number of esters is 1. The number of Topliss-reactive ketones (excluding diaryl/α,β-unsaturated/α-hetero) is 1. The van der Waals surface area contributed by atoms with Gasteiger partial charge in [-0.15, -0.1) is 0 Å². The molecule has 5 fully saturated rings. The van der Waals surface area contributed by atoms with Gasteiger partial charge in [0.2, 0.25) is 0 Å². The first-order valence-corrected chi connectivity index (χ1v) is 21.5. The molecule has 0 radical (unpaired) electrons. The number of pyridine rings is 1. The summed E-state index contributed by atoms with van der Waals surface area (Å²) in [6.07, 6.45) is 9.25. The van der Waals surface area contributed by atoms with Crippen molar-refractivity contribution < 1.29 is 29.3 Å². The van der Waals surface area contributed by atoms with Crippen LogP contribution >= 0.6 is 0 Å². The van der Waals surface area contributed by atoms with Crippen LogP contribution in [0.3, 0.4) is 0 Å². The molecule has 1 unspecified atom stereocenters. The number of ketones is 1. The molecule has 1 aromatic rings. The van der Waals surface area contributed by atoms with Crippen molar-refractivity contribution in [2.24, 2.45) is 56.2 Å². The molecule has 0 spiro atoms. The Bertz CT molecular complexity index is 1700. The fourth-order valence-electron chi connectivity index (χ4n) is 14.0. The predicted octanol–water partition coefficient (Wildman–Crippen LogP) is 7.96. The van der Waals surface area contributed by atoms with Gasteiger partial charge in [0.15, 0.2) is 5.78 Å². The van der Waals surface area contributed by atoms with Gasteiger partial charge in [-0.05, 0) is 123 Å². The van der Waals surface area contributed by atoms with Gasteiger partial charge in [-0.2, -0.15) is 0 Å². The highest BCUT2D eigenvalue weighted by Crippen LogP contribution is 2.77. The number of fused-ring (bicyclic) bond motifs is 7. The lowest BCUT2D eigenvalue weighted by Gasteiger charge is -2.72. The van der Waals surface area contributed by atoms with Crippen LogP contribution in [0.5, 0.6) is 0 Å². The van der Waals surface area contributed by atoms with Crippen LogP contribution in [0.4, 0.5) is 5.82 Å². The number of aliphatic hydroxyl groups excluding tert-OH is 1. The van der Waals surface area contributed by atoms with E-state index < -0.39 is 28.9 Å². The maximum Gasteiger partial charge on any atom is 0.309 e. The third kappa shape index (κ3) is 6.31. The summed E-state index contributed by atoms with van der Waals surface area (Å²) in [6, 6.07) is 6.05. The van der Waals surface area contributed by atoms with Gasteiger partial charge >= 0.3 is 11.9 Å². The first-order valence-electron chi connectivity index (χ1n) is 21.5. The zero-order valence-corrected chi connectivity index (χ0v) is 35.2. The number of piperazine rings is 1. The summed E-state index contributed by atoms with van der Waals surface area (Å²) >= 11 is 0. The van der Waals surface area contributed by atoms with E-state index in [4.69, 9.17) is 4.74 Å². The van der Waals surface area contributed by atoms with Gasteiger partial charge in [-0.1, -0.05) is 60.1 Å². The Morgan fingerprint density at radius 1 is 0.927 bits per heavy atom.